The van der Waals surface area contributed by atoms with E-state index in [-0.39, 0.29) is 24.4 Å². The topological polar surface area (TPSA) is 50.4 Å². The van der Waals surface area contributed by atoms with Gasteiger partial charge in [0, 0.05) is 19.6 Å². The highest BCUT2D eigenvalue weighted by atomic mass is 35.5. The molecule has 2 rings (SSSR count). The standard InChI is InChI=1S/C17H26N2O2.ClH/c1-13(2)15-7-5-14(6-8-15)4-3-9-19-17(20)16-12-18-10-11-21-16;/h5-8,13,16,18H,3-4,9-12H2,1-2H3,(H,19,20);1H. The van der Waals surface area contributed by atoms with E-state index in [1.54, 1.807) is 0 Å². The van der Waals surface area contributed by atoms with Gasteiger partial charge < -0.3 is 15.4 Å². The highest BCUT2D eigenvalue weighted by molar-refractivity contribution is 5.85. The number of ether oxygens (including phenoxy) is 1. The van der Waals surface area contributed by atoms with E-state index in [1.807, 2.05) is 0 Å². The number of hydrogen-bond donors (Lipinski definition) is 2. The zero-order chi connectivity index (χ0) is 15.1. The van der Waals surface area contributed by atoms with Crippen LogP contribution < -0.4 is 10.6 Å². The molecule has 1 aliphatic heterocycles. The number of benzene rings is 1. The predicted molar refractivity (Wildman–Crippen MR) is 91.7 cm³/mol. The van der Waals surface area contributed by atoms with Crippen molar-refractivity contribution >= 4 is 18.3 Å². The van der Waals surface area contributed by atoms with Crippen LogP contribution in [-0.4, -0.2) is 38.3 Å². The van der Waals surface area contributed by atoms with E-state index >= 15 is 0 Å². The molecule has 0 saturated carbocycles. The molecular formula is C17H27ClN2O2. The molecule has 1 saturated heterocycles. The highest BCUT2D eigenvalue weighted by Gasteiger charge is 2.20. The van der Waals surface area contributed by atoms with Crippen molar-refractivity contribution in [2.45, 2.75) is 38.7 Å². The maximum Gasteiger partial charge on any atom is 0.250 e. The van der Waals surface area contributed by atoms with Crippen LogP contribution in [0.3, 0.4) is 0 Å². The average molecular weight is 327 g/mol. The minimum atomic E-state index is -0.330. The Balaban J connectivity index is 0.00000242. The first-order chi connectivity index (χ1) is 10.2. The van der Waals surface area contributed by atoms with E-state index in [1.165, 1.54) is 11.1 Å². The fourth-order valence-electron chi connectivity index (χ4n) is 2.42. The summed E-state index contributed by atoms with van der Waals surface area (Å²) in [5.74, 6) is 0.569. The van der Waals surface area contributed by atoms with Gasteiger partial charge >= 0.3 is 0 Å². The number of carbonyl (C=O) groups is 1. The van der Waals surface area contributed by atoms with Gasteiger partial charge in [-0.25, -0.2) is 0 Å². The molecule has 1 amide bonds. The second-order valence-corrected chi connectivity index (χ2v) is 5.85. The molecule has 1 fully saturated rings. The Bertz CT molecular complexity index is 442. The molecule has 2 N–H and O–H groups in total. The van der Waals surface area contributed by atoms with Gasteiger partial charge in [0.2, 0.25) is 5.91 Å². The Morgan fingerprint density at radius 2 is 2.09 bits per heavy atom. The number of hydrogen-bond acceptors (Lipinski definition) is 3. The molecule has 5 heteroatoms. The lowest BCUT2D eigenvalue weighted by Gasteiger charge is -2.22. The fourth-order valence-corrected chi connectivity index (χ4v) is 2.42. The minimum Gasteiger partial charge on any atom is -0.366 e. The summed E-state index contributed by atoms with van der Waals surface area (Å²) in [5, 5.41) is 6.11. The van der Waals surface area contributed by atoms with Gasteiger partial charge in [0.05, 0.1) is 6.61 Å². The molecule has 1 unspecified atom stereocenters. The quantitative estimate of drug-likeness (QED) is 0.788. The number of nitrogens with one attached hydrogen (secondary N) is 2. The Kier molecular flexibility index (Phi) is 8.46. The molecule has 22 heavy (non-hydrogen) atoms. The average Bonchev–Trinajstić information content (AvgIpc) is 2.52. The van der Waals surface area contributed by atoms with Gasteiger partial charge in [-0.2, -0.15) is 0 Å². The smallest absolute Gasteiger partial charge is 0.250 e. The molecule has 1 aliphatic rings. The van der Waals surface area contributed by atoms with Crippen LogP contribution in [0.25, 0.3) is 0 Å². The molecule has 0 aromatic heterocycles. The van der Waals surface area contributed by atoms with E-state index in [4.69, 9.17) is 4.74 Å². The van der Waals surface area contributed by atoms with Gasteiger partial charge in [-0.1, -0.05) is 38.1 Å². The Morgan fingerprint density at radius 1 is 1.36 bits per heavy atom. The first-order valence-corrected chi connectivity index (χ1v) is 7.85. The van der Waals surface area contributed by atoms with Gasteiger partial charge in [-0.3, -0.25) is 4.79 Å². The molecule has 0 bridgehead atoms. The summed E-state index contributed by atoms with van der Waals surface area (Å²) in [6.45, 7) is 7.16. The summed E-state index contributed by atoms with van der Waals surface area (Å²) >= 11 is 0. The van der Waals surface area contributed by atoms with Crippen LogP contribution in [0.1, 0.15) is 37.3 Å². The summed E-state index contributed by atoms with van der Waals surface area (Å²) in [5.41, 5.74) is 2.69. The third-order valence-electron chi connectivity index (χ3n) is 3.81. The summed E-state index contributed by atoms with van der Waals surface area (Å²) in [7, 11) is 0. The lowest BCUT2D eigenvalue weighted by Crippen LogP contribution is -2.48. The van der Waals surface area contributed by atoms with Crippen LogP contribution in [0, 0.1) is 0 Å². The maximum absolute atomic E-state index is 11.9. The van der Waals surface area contributed by atoms with Crippen molar-refractivity contribution in [3.05, 3.63) is 35.4 Å². The van der Waals surface area contributed by atoms with Crippen LogP contribution in [-0.2, 0) is 16.0 Å². The van der Waals surface area contributed by atoms with Crippen molar-refractivity contribution in [3.8, 4) is 0 Å². The zero-order valence-corrected chi connectivity index (χ0v) is 14.2. The minimum absolute atomic E-state index is 0. The second kappa shape index (κ2) is 9.82. The molecule has 1 aromatic rings. The Morgan fingerprint density at radius 3 is 2.68 bits per heavy atom. The van der Waals surface area contributed by atoms with Gasteiger partial charge in [0.1, 0.15) is 6.10 Å². The second-order valence-electron chi connectivity index (χ2n) is 5.85. The van der Waals surface area contributed by atoms with Gasteiger partial charge in [0.15, 0.2) is 0 Å². The number of rotatable bonds is 6. The normalized spacial score (nSPS) is 17.9. The maximum atomic E-state index is 11.9. The van der Waals surface area contributed by atoms with E-state index in [0.717, 1.165) is 19.4 Å². The molecule has 4 nitrogen and oxygen atoms in total. The molecule has 1 aromatic carbocycles. The van der Waals surface area contributed by atoms with Crippen LogP contribution in [0.15, 0.2) is 24.3 Å². The number of halogens is 1. The number of carbonyl (C=O) groups excluding carboxylic acids is 1. The molecular weight excluding hydrogens is 300 g/mol. The first kappa shape index (κ1) is 18.9. The lowest BCUT2D eigenvalue weighted by molar-refractivity contribution is -0.134. The first-order valence-electron chi connectivity index (χ1n) is 7.85. The predicted octanol–water partition coefficient (Wildman–Crippen LogP) is 2.27. The highest BCUT2D eigenvalue weighted by Crippen LogP contribution is 2.15. The summed E-state index contributed by atoms with van der Waals surface area (Å²) in [6, 6.07) is 8.76. The van der Waals surface area contributed by atoms with Gasteiger partial charge in [-0.05, 0) is 29.9 Å². The van der Waals surface area contributed by atoms with Crippen molar-refractivity contribution in [2.75, 3.05) is 26.2 Å². The molecule has 0 radical (unpaired) electrons. The molecule has 1 atom stereocenters. The van der Waals surface area contributed by atoms with E-state index < -0.39 is 0 Å². The Hall–Kier alpha value is -1.10. The molecule has 1 heterocycles. The van der Waals surface area contributed by atoms with Crippen molar-refractivity contribution in [2.24, 2.45) is 0 Å². The Labute approximate surface area is 139 Å². The van der Waals surface area contributed by atoms with E-state index in [0.29, 0.717) is 25.6 Å². The third kappa shape index (κ3) is 5.95. The van der Waals surface area contributed by atoms with Crippen molar-refractivity contribution in [3.63, 3.8) is 0 Å². The monoisotopic (exact) mass is 326 g/mol. The third-order valence-corrected chi connectivity index (χ3v) is 3.81. The zero-order valence-electron chi connectivity index (χ0n) is 13.4. The van der Waals surface area contributed by atoms with E-state index in [9.17, 15) is 4.79 Å². The molecule has 124 valence electrons. The molecule has 0 spiro atoms. The number of amides is 1. The van der Waals surface area contributed by atoms with Crippen molar-refractivity contribution < 1.29 is 9.53 Å². The lowest BCUT2D eigenvalue weighted by atomic mass is 10.0. The summed E-state index contributed by atoms with van der Waals surface area (Å²) < 4.78 is 5.42. The van der Waals surface area contributed by atoms with Crippen LogP contribution >= 0.6 is 12.4 Å². The number of aryl methyl sites for hydroxylation is 1. The van der Waals surface area contributed by atoms with Crippen LogP contribution in [0.5, 0.6) is 0 Å². The fraction of sp³-hybridized carbons (Fsp3) is 0.588. The summed E-state index contributed by atoms with van der Waals surface area (Å²) in [6.07, 6.45) is 1.61. The van der Waals surface area contributed by atoms with Gasteiger partial charge in [-0.15, -0.1) is 12.4 Å². The van der Waals surface area contributed by atoms with Gasteiger partial charge in [0.25, 0.3) is 0 Å². The van der Waals surface area contributed by atoms with Crippen LogP contribution in [0.2, 0.25) is 0 Å². The van der Waals surface area contributed by atoms with Crippen molar-refractivity contribution in [1.82, 2.24) is 10.6 Å². The van der Waals surface area contributed by atoms with E-state index in [2.05, 4.69) is 48.7 Å². The van der Waals surface area contributed by atoms with Crippen LogP contribution in [0.4, 0.5) is 0 Å². The summed E-state index contributed by atoms with van der Waals surface area (Å²) in [4.78, 5) is 11.9. The van der Waals surface area contributed by atoms with Crippen molar-refractivity contribution in [1.29, 1.82) is 0 Å². The molecule has 0 aliphatic carbocycles. The SMILES string of the molecule is CC(C)c1ccc(CCCNC(=O)C2CNCCO2)cc1.Cl. The largest absolute Gasteiger partial charge is 0.366 e. The number of morpholine rings is 1.